The lowest BCUT2D eigenvalue weighted by atomic mass is 10.1. The van der Waals surface area contributed by atoms with Crippen LogP contribution in [0.3, 0.4) is 0 Å². The van der Waals surface area contributed by atoms with Gasteiger partial charge in [-0.3, -0.25) is 4.79 Å². The zero-order chi connectivity index (χ0) is 20.5. The maximum absolute atomic E-state index is 13.0. The minimum absolute atomic E-state index is 0.346. The van der Waals surface area contributed by atoms with Gasteiger partial charge in [0.2, 0.25) is 5.13 Å². The molecule has 9 heteroatoms. The molecule has 2 aromatic carbocycles. The second-order valence-corrected chi connectivity index (χ2v) is 7.60. The number of hydrogen-bond acceptors (Lipinski definition) is 6. The van der Waals surface area contributed by atoms with Crippen LogP contribution in [0, 0.1) is 6.92 Å². The Morgan fingerprint density at radius 2 is 2.00 bits per heavy atom. The minimum Gasteiger partial charge on any atom is -0.497 e. The topological polar surface area (TPSA) is 78.3 Å². The molecule has 1 amide bonds. The predicted octanol–water partition coefficient (Wildman–Crippen LogP) is 4.71. The van der Waals surface area contributed by atoms with E-state index >= 15 is 0 Å². The van der Waals surface area contributed by atoms with Gasteiger partial charge in [-0.05, 0) is 37.3 Å². The summed E-state index contributed by atoms with van der Waals surface area (Å²) in [5.41, 5.74) is 1.79. The van der Waals surface area contributed by atoms with E-state index in [2.05, 4.69) is 15.4 Å². The lowest BCUT2D eigenvalue weighted by molar-refractivity contribution is 0.102. The number of thiazole rings is 1. The average molecular weight is 429 g/mol. The molecule has 4 aromatic rings. The molecule has 2 aromatic heterocycles. The Labute approximate surface area is 175 Å². The van der Waals surface area contributed by atoms with Gasteiger partial charge in [0.1, 0.15) is 22.8 Å². The maximum atomic E-state index is 13.0. The molecule has 29 heavy (non-hydrogen) atoms. The van der Waals surface area contributed by atoms with Gasteiger partial charge in [0.15, 0.2) is 0 Å². The molecule has 0 fully saturated rings. The van der Waals surface area contributed by atoms with Crippen molar-refractivity contribution in [3.63, 3.8) is 0 Å². The Hall–Kier alpha value is -3.10. The number of carbonyl (C=O) groups is 1. The standard InChI is InChI=1S/C20H17ClN4O3S/c1-11-9-17(22-19(26)13-10-12(27-2)7-8-15(13)28-3)25(24-11)20-23-18-14(21)5-4-6-16(18)29-20/h4-10H,1-3H3,(H,22,26). The summed E-state index contributed by atoms with van der Waals surface area (Å²) in [6.45, 7) is 1.85. The normalized spacial score (nSPS) is 10.9. The van der Waals surface area contributed by atoms with Crippen molar-refractivity contribution in [2.75, 3.05) is 19.5 Å². The van der Waals surface area contributed by atoms with E-state index in [1.807, 2.05) is 19.1 Å². The van der Waals surface area contributed by atoms with Crippen LogP contribution in [0.5, 0.6) is 11.5 Å². The highest BCUT2D eigenvalue weighted by molar-refractivity contribution is 7.20. The maximum Gasteiger partial charge on any atom is 0.260 e. The Bertz CT molecular complexity index is 1220. The molecule has 0 aliphatic carbocycles. The number of aromatic nitrogens is 3. The van der Waals surface area contributed by atoms with Crippen LogP contribution in [0.1, 0.15) is 16.1 Å². The number of fused-ring (bicyclic) bond motifs is 1. The molecule has 7 nitrogen and oxygen atoms in total. The van der Waals surface area contributed by atoms with Crippen molar-refractivity contribution in [1.82, 2.24) is 14.8 Å². The number of nitrogens with zero attached hydrogens (tertiary/aromatic N) is 3. The van der Waals surface area contributed by atoms with Crippen molar-refractivity contribution >= 4 is 44.9 Å². The summed E-state index contributed by atoms with van der Waals surface area (Å²) in [5, 5.41) is 8.55. The van der Waals surface area contributed by atoms with E-state index < -0.39 is 0 Å². The van der Waals surface area contributed by atoms with Gasteiger partial charge in [0, 0.05) is 6.07 Å². The van der Waals surface area contributed by atoms with Crippen LogP contribution in [0.4, 0.5) is 5.82 Å². The first-order valence-electron chi connectivity index (χ1n) is 8.65. The average Bonchev–Trinajstić information content (AvgIpc) is 3.31. The number of aryl methyl sites for hydroxylation is 1. The number of para-hydroxylation sites is 1. The molecule has 0 saturated carbocycles. The SMILES string of the molecule is COc1ccc(OC)c(C(=O)Nc2cc(C)nn2-c2nc3c(Cl)cccc3s2)c1. The van der Waals surface area contributed by atoms with Gasteiger partial charge in [-0.15, -0.1) is 0 Å². The van der Waals surface area contributed by atoms with E-state index in [4.69, 9.17) is 21.1 Å². The Morgan fingerprint density at radius 1 is 1.17 bits per heavy atom. The van der Waals surface area contributed by atoms with Crippen molar-refractivity contribution < 1.29 is 14.3 Å². The third-order valence-corrected chi connectivity index (χ3v) is 5.57. The lowest BCUT2D eigenvalue weighted by Crippen LogP contribution is -2.16. The first-order chi connectivity index (χ1) is 14.0. The van der Waals surface area contributed by atoms with Crippen LogP contribution in [-0.4, -0.2) is 34.9 Å². The summed E-state index contributed by atoms with van der Waals surface area (Å²) < 4.78 is 13.1. The number of benzene rings is 2. The van der Waals surface area contributed by atoms with Crippen LogP contribution in [-0.2, 0) is 0 Å². The first-order valence-corrected chi connectivity index (χ1v) is 9.85. The van der Waals surface area contributed by atoms with Crippen LogP contribution in [0.25, 0.3) is 15.3 Å². The zero-order valence-corrected chi connectivity index (χ0v) is 17.5. The fraction of sp³-hybridized carbons (Fsp3) is 0.150. The molecule has 0 unspecified atom stereocenters. The summed E-state index contributed by atoms with van der Waals surface area (Å²) in [5.74, 6) is 1.15. The third-order valence-electron chi connectivity index (χ3n) is 4.26. The van der Waals surface area contributed by atoms with E-state index in [1.165, 1.54) is 18.4 Å². The number of methoxy groups -OCH3 is 2. The van der Waals surface area contributed by atoms with Crippen LogP contribution >= 0.6 is 22.9 Å². The van der Waals surface area contributed by atoms with Crippen LogP contribution in [0.15, 0.2) is 42.5 Å². The number of amides is 1. The van der Waals surface area contributed by atoms with E-state index in [-0.39, 0.29) is 5.91 Å². The Morgan fingerprint density at radius 3 is 2.72 bits per heavy atom. The summed E-state index contributed by atoms with van der Waals surface area (Å²) in [6.07, 6.45) is 0. The highest BCUT2D eigenvalue weighted by Gasteiger charge is 2.19. The molecule has 148 valence electrons. The van der Waals surface area contributed by atoms with E-state index in [0.29, 0.717) is 38.6 Å². The molecule has 1 N–H and O–H groups in total. The molecule has 4 rings (SSSR count). The molecule has 0 aliphatic heterocycles. The largest absolute Gasteiger partial charge is 0.497 e. The molecule has 0 atom stereocenters. The number of halogens is 1. The fourth-order valence-electron chi connectivity index (χ4n) is 2.90. The van der Waals surface area contributed by atoms with Crippen molar-refractivity contribution in [2.45, 2.75) is 6.92 Å². The smallest absolute Gasteiger partial charge is 0.260 e. The van der Waals surface area contributed by atoms with Gasteiger partial charge in [-0.25, -0.2) is 4.98 Å². The van der Waals surface area contributed by atoms with Crippen LogP contribution < -0.4 is 14.8 Å². The van der Waals surface area contributed by atoms with Crippen molar-refractivity contribution in [1.29, 1.82) is 0 Å². The van der Waals surface area contributed by atoms with Crippen LogP contribution in [0.2, 0.25) is 5.02 Å². The molecule has 0 radical (unpaired) electrons. The third kappa shape index (κ3) is 3.64. The summed E-state index contributed by atoms with van der Waals surface area (Å²) >= 11 is 7.69. The minimum atomic E-state index is -0.346. The molecule has 0 saturated heterocycles. The number of anilines is 1. The van der Waals surface area contributed by atoms with E-state index in [1.54, 1.807) is 42.1 Å². The molecule has 0 bridgehead atoms. The zero-order valence-electron chi connectivity index (χ0n) is 15.9. The second-order valence-electron chi connectivity index (χ2n) is 6.19. The highest BCUT2D eigenvalue weighted by Crippen LogP contribution is 2.32. The molecule has 2 heterocycles. The molecule has 0 spiro atoms. The molecule has 0 aliphatic rings. The molecular formula is C20H17ClN4O3S. The number of carbonyl (C=O) groups excluding carboxylic acids is 1. The predicted molar refractivity (Wildman–Crippen MR) is 114 cm³/mol. The van der Waals surface area contributed by atoms with Gasteiger partial charge >= 0.3 is 0 Å². The highest BCUT2D eigenvalue weighted by atomic mass is 35.5. The van der Waals surface area contributed by atoms with E-state index in [9.17, 15) is 4.79 Å². The molecular weight excluding hydrogens is 412 g/mol. The van der Waals surface area contributed by atoms with Gasteiger partial charge in [-0.1, -0.05) is 29.0 Å². The second kappa shape index (κ2) is 7.73. The first kappa shape index (κ1) is 19.2. The van der Waals surface area contributed by atoms with Crippen molar-refractivity contribution in [3.8, 4) is 16.6 Å². The number of rotatable bonds is 5. The van der Waals surface area contributed by atoms with E-state index in [0.717, 1.165) is 10.4 Å². The Kier molecular flexibility index (Phi) is 5.12. The quantitative estimate of drug-likeness (QED) is 0.498. The Balaban J connectivity index is 1.72. The van der Waals surface area contributed by atoms with Gasteiger partial charge in [0.25, 0.3) is 5.91 Å². The summed E-state index contributed by atoms with van der Waals surface area (Å²) in [7, 11) is 3.05. The summed E-state index contributed by atoms with van der Waals surface area (Å²) in [4.78, 5) is 17.5. The monoisotopic (exact) mass is 428 g/mol. The van der Waals surface area contributed by atoms with Gasteiger partial charge < -0.3 is 14.8 Å². The van der Waals surface area contributed by atoms with Crippen molar-refractivity contribution in [3.05, 3.63) is 58.7 Å². The lowest BCUT2D eigenvalue weighted by Gasteiger charge is -2.11. The number of ether oxygens (including phenoxy) is 2. The summed E-state index contributed by atoms with van der Waals surface area (Å²) in [6, 6.07) is 12.4. The van der Waals surface area contributed by atoms with Gasteiger partial charge in [-0.2, -0.15) is 9.78 Å². The van der Waals surface area contributed by atoms with Gasteiger partial charge in [0.05, 0.1) is 35.2 Å². The number of hydrogen-bond donors (Lipinski definition) is 1. The fourth-order valence-corrected chi connectivity index (χ4v) is 4.13. The van der Waals surface area contributed by atoms with Crippen molar-refractivity contribution in [2.24, 2.45) is 0 Å². The number of nitrogens with one attached hydrogen (secondary N) is 1.